The van der Waals surface area contributed by atoms with Crippen LogP contribution in [0.5, 0.6) is 0 Å². The van der Waals surface area contributed by atoms with Crippen LogP contribution in [0.4, 0.5) is 13.2 Å². The summed E-state index contributed by atoms with van der Waals surface area (Å²) in [6.45, 7) is 4.38. The van der Waals surface area contributed by atoms with Gasteiger partial charge in [0.2, 0.25) is 0 Å². The molecule has 1 aliphatic rings. The second-order valence-electron chi connectivity index (χ2n) is 5.23. The van der Waals surface area contributed by atoms with Crippen LogP contribution >= 0.6 is 0 Å². The third-order valence-electron chi connectivity index (χ3n) is 3.91. The first-order valence-corrected chi connectivity index (χ1v) is 5.66. The Labute approximate surface area is 98.8 Å². The molecule has 0 amide bonds. The highest BCUT2D eigenvalue weighted by Crippen LogP contribution is 2.65. The molecule has 0 bridgehead atoms. The number of hydrogen-bond acceptors (Lipinski definition) is 1. The summed E-state index contributed by atoms with van der Waals surface area (Å²) < 4.78 is 38.7. The van der Waals surface area contributed by atoms with E-state index in [1.807, 2.05) is 13.8 Å². The molecule has 2 unspecified atom stereocenters. The van der Waals surface area contributed by atoms with Crippen molar-refractivity contribution < 1.29 is 13.2 Å². The minimum Gasteiger partial charge on any atom is -0.330 e. The van der Waals surface area contributed by atoms with Gasteiger partial charge in [-0.2, -0.15) is 13.2 Å². The molecule has 0 saturated heterocycles. The Balaban J connectivity index is 2.42. The first kappa shape index (κ1) is 12.4. The van der Waals surface area contributed by atoms with E-state index in [-0.39, 0.29) is 17.3 Å². The predicted octanol–water partition coefficient (Wildman–Crippen LogP) is 3.40. The van der Waals surface area contributed by atoms with Gasteiger partial charge in [0.05, 0.1) is 5.56 Å². The number of halogens is 3. The summed E-state index contributed by atoms with van der Waals surface area (Å²) in [5, 5.41) is 0. The van der Waals surface area contributed by atoms with E-state index < -0.39 is 11.7 Å². The quantitative estimate of drug-likeness (QED) is 0.846. The Hall–Kier alpha value is -1.03. The molecular formula is C13H16F3N. The Morgan fingerprint density at radius 2 is 1.82 bits per heavy atom. The van der Waals surface area contributed by atoms with Crippen molar-refractivity contribution in [1.29, 1.82) is 0 Å². The van der Waals surface area contributed by atoms with Crippen molar-refractivity contribution in [3.05, 3.63) is 35.4 Å². The van der Waals surface area contributed by atoms with Gasteiger partial charge in [-0.3, -0.25) is 0 Å². The van der Waals surface area contributed by atoms with Crippen LogP contribution < -0.4 is 5.73 Å². The van der Waals surface area contributed by atoms with Crippen LogP contribution in [-0.2, 0) is 6.18 Å². The normalized spacial score (nSPS) is 26.9. The molecule has 0 aromatic heterocycles. The minimum absolute atomic E-state index is 0.0784. The summed E-state index contributed by atoms with van der Waals surface area (Å²) >= 11 is 0. The number of nitrogens with two attached hydrogens (primary N) is 1. The monoisotopic (exact) mass is 243 g/mol. The molecule has 1 aliphatic carbocycles. The molecular weight excluding hydrogens is 227 g/mol. The number of rotatable bonds is 2. The second kappa shape index (κ2) is 3.73. The van der Waals surface area contributed by atoms with Crippen LogP contribution in [0.3, 0.4) is 0 Å². The highest BCUT2D eigenvalue weighted by atomic mass is 19.4. The molecule has 2 rings (SSSR count). The lowest BCUT2D eigenvalue weighted by molar-refractivity contribution is -0.138. The fraction of sp³-hybridized carbons (Fsp3) is 0.538. The van der Waals surface area contributed by atoms with E-state index in [2.05, 4.69) is 0 Å². The summed E-state index contributed by atoms with van der Waals surface area (Å²) in [7, 11) is 0. The zero-order valence-electron chi connectivity index (χ0n) is 9.88. The Bertz CT molecular complexity index is 423. The molecule has 94 valence electrons. The molecule has 1 fully saturated rings. The van der Waals surface area contributed by atoms with E-state index >= 15 is 0 Å². The van der Waals surface area contributed by atoms with E-state index in [1.54, 1.807) is 12.1 Å². The Morgan fingerprint density at radius 1 is 1.24 bits per heavy atom. The lowest BCUT2D eigenvalue weighted by atomic mass is 9.98. The fourth-order valence-corrected chi connectivity index (χ4v) is 2.83. The maximum atomic E-state index is 12.9. The van der Waals surface area contributed by atoms with Crippen LogP contribution in [0.1, 0.15) is 30.9 Å². The molecule has 0 spiro atoms. The van der Waals surface area contributed by atoms with Crippen LogP contribution in [0.2, 0.25) is 0 Å². The highest BCUT2D eigenvalue weighted by Gasteiger charge is 2.58. The van der Waals surface area contributed by atoms with Crippen molar-refractivity contribution in [2.24, 2.45) is 17.1 Å². The maximum Gasteiger partial charge on any atom is 0.416 e. The largest absolute Gasteiger partial charge is 0.416 e. The van der Waals surface area contributed by atoms with Crippen LogP contribution in [0.25, 0.3) is 0 Å². The first-order chi connectivity index (χ1) is 7.80. The lowest BCUT2D eigenvalue weighted by Gasteiger charge is -2.13. The van der Waals surface area contributed by atoms with Gasteiger partial charge in [-0.1, -0.05) is 32.0 Å². The molecule has 0 heterocycles. The molecule has 1 nitrogen and oxygen atoms in total. The van der Waals surface area contributed by atoms with Gasteiger partial charge in [-0.05, 0) is 35.4 Å². The highest BCUT2D eigenvalue weighted by molar-refractivity contribution is 5.39. The third-order valence-corrected chi connectivity index (χ3v) is 3.91. The summed E-state index contributed by atoms with van der Waals surface area (Å²) in [4.78, 5) is 0. The van der Waals surface area contributed by atoms with Gasteiger partial charge in [0.25, 0.3) is 0 Å². The minimum atomic E-state index is -4.28. The molecule has 17 heavy (non-hydrogen) atoms. The van der Waals surface area contributed by atoms with E-state index in [0.29, 0.717) is 12.1 Å². The average molecular weight is 243 g/mol. The summed E-state index contributed by atoms with van der Waals surface area (Å²) in [6, 6.07) is 5.81. The molecule has 1 saturated carbocycles. The van der Waals surface area contributed by atoms with Crippen molar-refractivity contribution in [3.8, 4) is 0 Å². The van der Waals surface area contributed by atoms with E-state index in [9.17, 15) is 13.2 Å². The topological polar surface area (TPSA) is 26.0 Å². The molecule has 1 aromatic carbocycles. The molecule has 4 heteroatoms. The van der Waals surface area contributed by atoms with E-state index in [4.69, 9.17) is 5.73 Å². The van der Waals surface area contributed by atoms with Crippen molar-refractivity contribution in [1.82, 2.24) is 0 Å². The first-order valence-electron chi connectivity index (χ1n) is 5.66. The number of benzene rings is 1. The van der Waals surface area contributed by atoms with Gasteiger partial charge in [-0.15, -0.1) is 0 Å². The third kappa shape index (κ3) is 1.95. The number of hydrogen-bond donors (Lipinski definition) is 1. The SMILES string of the molecule is CC1(C)C(CN)C1c1ccccc1C(F)(F)F. The van der Waals surface area contributed by atoms with Crippen LogP contribution in [0.15, 0.2) is 24.3 Å². The maximum absolute atomic E-state index is 12.9. The fourth-order valence-electron chi connectivity index (χ4n) is 2.83. The Kier molecular flexibility index (Phi) is 2.73. The Morgan fingerprint density at radius 3 is 2.29 bits per heavy atom. The van der Waals surface area contributed by atoms with Gasteiger partial charge in [0, 0.05) is 0 Å². The average Bonchev–Trinajstić information content (AvgIpc) is 2.79. The molecule has 1 aromatic rings. The van der Waals surface area contributed by atoms with Gasteiger partial charge in [0.1, 0.15) is 0 Å². The zero-order chi connectivity index (χ0) is 12.8. The molecule has 2 N–H and O–H groups in total. The van der Waals surface area contributed by atoms with Crippen LogP contribution in [0, 0.1) is 11.3 Å². The van der Waals surface area contributed by atoms with Crippen molar-refractivity contribution in [2.75, 3.05) is 6.54 Å². The molecule has 0 aliphatic heterocycles. The van der Waals surface area contributed by atoms with Gasteiger partial charge in [0.15, 0.2) is 0 Å². The summed E-state index contributed by atoms with van der Waals surface area (Å²) in [6.07, 6.45) is -4.28. The standard InChI is InChI=1S/C13H16F3N/c1-12(2)10(7-17)11(12)8-5-3-4-6-9(8)13(14,15)16/h3-6,10-11H,7,17H2,1-2H3. The smallest absolute Gasteiger partial charge is 0.330 e. The second-order valence-corrected chi connectivity index (χ2v) is 5.23. The van der Waals surface area contributed by atoms with Crippen molar-refractivity contribution >= 4 is 0 Å². The zero-order valence-corrected chi connectivity index (χ0v) is 9.88. The van der Waals surface area contributed by atoms with Crippen molar-refractivity contribution in [3.63, 3.8) is 0 Å². The predicted molar refractivity (Wildman–Crippen MR) is 60.5 cm³/mol. The summed E-state index contributed by atoms with van der Waals surface area (Å²) in [5.74, 6) is 0.0660. The van der Waals surface area contributed by atoms with Gasteiger partial charge >= 0.3 is 6.18 Å². The van der Waals surface area contributed by atoms with Crippen molar-refractivity contribution in [2.45, 2.75) is 25.9 Å². The van der Waals surface area contributed by atoms with E-state index in [1.165, 1.54) is 6.07 Å². The van der Waals surface area contributed by atoms with Gasteiger partial charge < -0.3 is 5.73 Å². The molecule has 0 radical (unpaired) electrons. The number of alkyl halides is 3. The molecule has 2 atom stereocenters. The van der Waals surface area contributed by atoms with Crippen LogP contribution in [-0.4, -0.2) is 6.54 Å². The van der Waals surface area contributed by atoms with E-state index in [0.717, 1.165) is 6.07 Å². The lowest BCUT2D eigenvalue weighted by Crippen LogP contribution is -2.10. The van der Waals surface area contributed by atoms with Gasteiger partial charge in [-0.25, -0.2) is 0 Å². The summed E-state index contributed by atoms with van der Waals surface area (Å²) in [5.41, 5.74) is 5.36.